The van der Waals surface area contributed by atoms with Crippen LogP contribution < -0.4 is 0 Å². The fraction of sp³-hybridized carbons (Fsp3) is 1.00. The summed E-state index contributed by atoms with van der Waals surface area (Å²) < 4.78 is 22.4. The van der Waals surface area contributed by atoms with E-state index in [4.69, 9.17) is 18.9 Å². The molecule has 2 saturated heterocycles. The fourth-order valence-electron chi connectivity index (χ4n) is 2.55. The number of hydrogen-bond donors (Lipinski definition) is 0. The first kappa shape index (κ1) is 10.4. The highest BCUT2D eigenvalue weighted by molar-refractivity contribution is 5.10. The van der Waals surface area contributed by atoms with E-state index in [1.54, 1.807) is 14.2 Å². The summed E-state index contributed by atoms with van der Waals surface area (Å²) in [5.41, 5.74) is -0.409. The Morgan fingerprint density at radius 3 is 2.64 bits per heavy atom. The molecule has 2 fully saturated rings. The van der Waals surface area contributed by atoms with Crippen molar-refractivity contribution in [2.75, 3.05) is 20.8 Å². The highest BCUT2D eigenvalue weighted by Crippen LogP contribution is 2.44. The van der Waals surface area contributed by atoms with Crippen molar-refractivity contribution < 1.29 is 18.9 Å². The topological polar surface area (TPSA) is 36.9 Å². The Kier molecular flexibility index (Phi) is 2.55. The normalized spacial score (nSPS) is 48.4. The van der Waals surface area contributed by atoms with Gasteiger partial charge >= 0.3 is 0 Å². The van der Waals surface area contributed by atoms with E-state index in [9.17, 15) is 0 Å². The maximum atomic E-state index is 5.93. The molecule has 5 atom stereocenters. The third-order valence-electron chi connectivity index (χ3n) is 3.44. The molecule has 2 aliphatic heterocycles. The second-order valence-corrected chi connectivity index (χ2v) is 4.09. The average Bonchev–Trinajstić information content (AvgIpc) is 2.68. The number of methoxy groups -OCH3 is 2. The van der Waals surface area contributed by atoms with Gasteiger partial charge in [0.05, 0.1) is 18.8 Å². The first-order chi connectivity index (χ1) is 6.65. The molecule has 0 aromatic rings. The van der Waals surface area contributed by atoms with Gasteiger partial charge in [0.1, 0.15) is 17.8 Å². The minimum Gasteiger partial charge on any atom is -0.379 e. The molecule has 0 saturated carbocycles. The van der Waals surface area contributed by atoms with E-state index in [-0.39, 0.29) is 24.4 Å². The van der Waals surface area contributed by atoms with Gasteiger partial charge in [0.25, 0.3) is 0 Å². The highest BCUT2D eigenvalue weighted by Gasteiger charge is 2.63. The SMILES string of the molecule is COC(C)C12COC(C(C)O1)C2OC. The third-order valence-corrected chi connectivity index (χ3v) is 3.44. The summed E-state index contributed by atoms with van der Waals surface area (Å²) in [6.07, 6.45) is 0.124. The van der Waals surface area contributed by atoms with Crippen LogP contribution in [0.3, 0.4) is 0 Å². The van der Waals surface area contributed by atoms with Crippen molar-refractivity contribution in [3.8, 4) is 0 Å². The molecule has 0 radical (unpaired) electrons. The molecular weight excluding hydrogens is 184 g/mol. The first-order valence-electron chi connectivity index (χ1n) is 5.00. The molecular formula is C10H18O4. The Hall–Kier alpha value is -0.160. The number of ether oxygens (including phenoxy) is 4. The molecule has 4 nitrogen and oxygen atoms in total. The smallest absolute Gasteiger partial charge is 0.146 e. The predicted molar refractivity (Wildman–Crippen MR) is 50.3 cm³/mol. The lowest BCUT2D eigenvalue weighted by Crippen LogP contribution is -2.51. The van der Waals surface area contributed by atoms with Crippen LogP contribution in [0.2, 0.25) is 0 Å². The predicted octanol–water partition coefficient (Wildman–Crippen LogP) is 0.593. The van der Waals surface area contributed by atoms with Gasteiger partial charge < -0.3 is 18.9 Å². The van der Waals surface area contributed by atoms with Crippen LogP contribution in [0.5, 0.6) is 0 Å². The molecule has 0 aliphatic carbocycles. The molecule has 0 aromatic carbocycles. The van der Waals surface area contributed by atoms with Crippen LogP contribution in [0.1, 0.15) is 13.8 Å². The van der Waals surface area contributed by atoms with Crippen molar-refractivity contribution in [3.63, 3.8) is 0 Å². The molecule has 0 amide bonds. The molecule has 2 rings (SSSR count). The first-order valence-corrected chi connectivity index (χ1v) is 5.00. The Balaban J connectivity index is 2.24. The van der Waals surface area contributed by atoms with Crippen LogP contribution in [-0.2, 0) is 18.9 Å². The largest absolute Gasteiger partial charge is 0.379 e. The third kappa shape index (κ3) is 1.15. The quantitative estimate of drug-likeness (QED) is 0.671. The zero-order valence-electron chi connectivity index (χ0n) is 9.15. The number of hydrogen-bond acceptors (Lipinski definition) is 4. The molecule has 2 heterocycles. The van der Waals surface area contributed by atoms with E-state index < -0.39 is 5.60 Å². The Morgan fingerprint density at radius 2 is 2.14 bits per heavy atom. The van der Waals surface area contributed by atoms with Crippen molar-refractivity contribution in [3.05, 3.63) is 0 Å². The molecule has 5 unspecified atom stereocenters. The Bertz CT molecular complexity index is 220. The number of rotatable bonds is 3. The molecule has 14 heavy (non-hydrogen) atoms. The molecule has 82 valence electrons. The summed E-state index contributed by atoms with van der Waals surface area (Å²) in [5, 5.41) is 0. The molecule has 4 heteroatoms. The summed E-state index contributed by atoms with van der Waals surface area (Å²) >= 11 is 0. The van der Waals surface area contributed by atoms with Gasteiger partial charge in [-0.1, -0.05) is 0 Å². The molecule has 2 bridgehead atoms. The fourth-order valence-corrected chi connectivity index (χ4v) is 2.55. The molecule has 0 aromatic heterocycles. The van der Waals surface area contributed by atoms with Crippen LogP contribution in [0.4, 0.5) is 0 Å². The van der Waals surface area contributed by atoms with Gasteiger partial charge in [-0.05, 0) is 13.8 Å². The van der Waals surface area contributed by atoms with Crippen molar-refractivity contribution in [1.82, 2.24) is 0 Å². The zero-order valence-corrected chi connectivity index (χ0v) is 9.15. The van der Waals surface area contributed by atoms with E-state index in [1.807, 2.05) is 13.8 Å². The van der Waals surface area contributed by atoms with Crippen molar-refractivity contribution in [1.29, 1.82) is 0 Å². The summed E-state index contributed by atoms with van der Waals surface area (Å²) in [6, 6.07) is 0. The second-order valence-electron chi connectivity index (χ2n) is 4.09. The minimum absolute atomic E-state index is 0.00699. The summed E-state index contributed by atoms with van der Waals surface area (Å²) in [4.78, 5) is 0. The minimum atomic E-state index is -0.409. The lowest BCUT2D eigenvalue weighted by molar-refractivity contribution is -0.187. The Labute approximate surface area is 84.5 Å². The van der Waals surface area contributed by atoms with Crippen LogP contribution in [0.15, 0.2) is 0 Å². The monoisotopic (exact) mass is 202 g/mol. The van der Waals surface area contributed by atoms with Gasteiger partial charge in [0.15, 0.2) is 0 Å². The van der Waals surface area contributed by atoms with E-state index >= 15 is 0 Å². The van der Waals surface area contributed by atoms with Gasteiger partial charge in [0, 0.05) is 14.2 Å². The average molecular weight is 202 g/mol. The maximum absolute atomic E-state index is 5.93. The highest BCUT2D eigenvalue weighted by atomic mass is 16.7. The van der Waals surface area contributed by atoms with Gasteiger partial charge in [-0.15, -0.1) is 0 Å². The van der Waals surface area contributed by atoms with Crippen LogP contribution in [0.25, 0.3) is 0 Å². The summed E-state index contributed by atoms with van der Waals surface area (Å²) in [5.74, 6) is 0. The summed E-state index contributed by atoms with van der Waals surface area (Å²) in [7, 11) is 3.39. The van der Waals surface area contributed by atoms with Crippen molar-refractivity contribution >= 4 is 0 Å². The van der Waals surface area contributed by atoms with Crippen molar-refractivity contribution in [2.45, 2.75) is 43.9 Å². The molecule has 0 spiro atoms. The maximum Gasteiger partial charge on any atom is 0.146 e. The zero-order chi connectivity index (χ0) is 10.3. The van der Waals surface area contributed by atoms with Crippen LogP contribution in [0, 0.1) is 0 Å². The standard InChI is InChI=1S/C10H18O4/c1-6-8-9(12-4)10(14-6,5-13-8)7(2)11-3/h6-9H,5H2,1-4H3. The molecule has 2 aliphatic rings. The van der Waals surface area contributed by atoms with E-state index in [0.717, 1.165) is 0 Å². The van der Waals surface area contributed by atoms with Crippen LogP contribution in [-0.4, -0.2) is 50.8 Å². The van der Waals surface area contributed by atoms with Gasteiger partial charge in [0.2, 0.25) is 0 Å². The lowest BCUT2D eigenvalue weighted by Gasteiger charge is -2.34. The Morgan fingerprint density at radius 1 is 1.43 bits per heavy atom. The second kappa shape index (κ2) is 3.45. The van der Waals surface area contributed by atoms with Crippen LogP contribution >= 0.6 is 0 Å². The number of fused-ring (bicyclic) bond motifs is 2. The van der Waals surface area contributed by atoms with Gasteiger partial charge in [-0.3, -0.25) is 0 Å². The van der Waals surface area contributed by atoms with E-state index in [2.05, 4.69) is 0 Å². The summed E-state index contributed by atoms with van der Waals surface area (Å²) in [6.45, 7) is 4.57. The van der Waals surface area contributed by atoms with Gasteiger partial charge in [-0.25, -0.2) is 0 Å². The van der Waals surface area contributed by atoms with E-state index in [0.29, 0.717) is 6.61 Å². The van der Waals surface area contributed by atoms with Gasteiger partial charge in [-0.2, -0.15) is 0 Å². The molecule has 0 N–H and O–H groups in total. The lowest BCUT2D eigenvalue weighted by atomic mass is 9.93. The van der Waals surface area contributed by atoms with Crippen molar-refractivity contribution in [2.24, 2.45) is 0 Å². The van der Waals surface area contributed by atoms with E-state index in [1.165, 1.54) is 0 Å².